The Morgan fingerprint density at radius 2 is 1.54 bits per heavy atom. The molecule has 4 rings (SSSR count). The maximum Gasteiger partial charge on any atom is 0.259 e. The van der Waals surface area contributed by atoms with E-state index >= 15 is 0 Å². The molecule has 0 bridgehead atoms. The summed E-state index contributed by atoms with van der Waals surface area (Å²) in [6.45, 7) is 11.3. The largest absolute Gasteiger partial charge is 0.305 e. The van der Waals surface area contributed by atoms with E-state index < -0.39 is 0 Å². The highest BCUT2D eigenvalue weighted by Crippen LogP contribution is 2.41. The van der Waals surface area contributed by atoms with Crippen LogP contribution >= 0.6 is 0 Å². The zero-order valence-corrected chi connectivity index (χ0v) is 17.1. The first-order chi connectivity index (χ1) is 13.3. The second-order valence-electron chi connectivity index (χ2n) is 8.84. The van der Waals surface area contributed by atoms with Gasteiger partial charge in [-0.3, -0.25) is 4.79 Å². The summed E-state index contributed by atoms with van der Waals surface area (Å²) in [5.41, 5.74) is 5.16. The second kappa shape index (κ2) is 6.59. The van der Waals surface area contributed by atoms with Crippen LogP contribution < -0.4 is 4.90 Å². The lowest BCUT2D eigenvalue weighted by Gasteiger charge is -2.31. The SMILES string of the molecule is CC(C)N1C(=O)c2ccccc2-c2c(nnn2CC(C)(C)C)-c2ccccc21. The normalized spacial score (nSPS) is 13.6. The molecule has 0 atom stereocenters. The van der Waals surface area contributed by atoms with Crippen LogP contribution in [0.1, 0.15) is 45.0 Å². The molecule has 5 nitrogen and oxygen atoms in total. The van der Waals surface area contributed by atoms with E-state index in [9.17, 15) is 4.79 Å². The number of benzene rings is 2. The van der Waals surface area contributed by atoms with Gasteiger partial charge in [-0.2, -0.15) is 0 Å². The maximum absolute atomic E-state index is 13.6. The van der Waals surface area contributed by atoms with E-state index in [1.54, 1.807) is 0 Å². The van der Waals surface area contributed by atoms with Crippen molar-refractivity contribution < 1.29 is 4.79 Å². The molecule has 0 radical (unpaired) electrons. The average Bonchev–Trinajstić information content (AvgIpc) is 3.02. The highest BCUT2D eigenvalue weighted by atomic mass is 16.2. The molecule has 2 heterocycles. The average molecular weight is 374 g/mol. The van der Waals surface area contributed by atoms with Crippen LogP contribution in [0.25, 0.3) is 22.5 Å². The number of nitrogens with zero attached hydrogens (tertiary/aromatic N) is 4. The number of hydrogen-bond acceptors (Lipinski definition) is 3. The number of carbonyl (C=O) groups excluding carboxylic acids is 1. The summed E-state index contributed by atoms with van der Waals surface area (Å²) in [6.07, 6.45) is 0. The number of aromatic nitrogens is 3. The molecule has 1 aliphatic rings. The molecule has 5 heteroatoms. The highest BCUT2D eigenvalue weighted by Gasteiger charge is 2.32. The third kappa shape index (κ3) is 3.01. The predicted molar refractivity (Wildman–Crippen MR) is 112 cm³/mol. The summed E-state index contributed by atoms with van der Waals surface area (Å²) in [5.74, 6) is 0.00667. The summed E-state index contributed by atoms with van der Waals surface area (Å²) < 4.78 is 1.95. The first-order valence-corrected chi connectivity index (χ1v) is 9.74. The molecular formula is C23H26N4O. The van der Waals surface area contributed by atoms with Crippen LogP contribution in [0.4, 0.5) is 5.69 Å². The van der Waals surface area contributed by atoms with Crippen LogP contribution in [0.3, 0.4) is 0 Å². The molecule has 28 heavy (non-hydrogen) atoms. The third-order valence-electron chi connectivity index (χ3n) is 4.93. The fourth-order valence-electron chi connectivity index (χ4n) is 3.83. The molecule has 0 saturated heterocycles. The molecule has 1 amide bonds. The second-order valence-corrected chi connectivity index (χ2v) is 8.84. The fraction of sp³-hybridized carbons (Fsp3) is 0.348. The quantitative estimate of drug-likeness (QED) is 0.632. The van der Waals surface area contributed by atoms with Gasteiger partial charge in [-0.25, -0.2) is 4.68 Å². The topological polar surface area (TPSA) is 51.0 Å². The predicted octanol–water partition coefficient (Wildman–Crippen LogP) is 5.03. The minimum absolute atomic E-state index is 0.00667. The number of carbonyl (C=O) groups is 1. The van der Waals surface area contributed by atoms with Gasteiger partial charge >= 0.3 is 0 Å². The van der Waals surface area contributed by atoms with Crippen molar-refractivity contribution in [1.82, 2.24) is 15.0 Å². The van der Waals surface area contributed by atoms with Crippen LogP contribution in [-0.4, -0.2) is 26.9 Å². The summed E-state index contributed by atoms with van der Waals surface area (Å²) in [7, 11) is 0. The molecule has 1 aromatic heterocycles. The number of fused-ring (bicyclic) bond motifs is 5. The van der Waals surface area contributed by atoms with Crippen molar-refractivity contribution >= 4 is 11.6 Å². The van der Waals surface area contributed by atoms with E-state index in [-0.39, 0.29) is 17.4 Å². The summed E-state index contributed by atoms with van der Waals surface area (Å²) in [6, 6.07) is 15.8. The molecule has 2 aromatic carbocycles. The van der Waals surface area contributed by atoms with E-state index in [2.05, 4.69) is 31.1 Å². The summed E-state index contributed by atoms with van der Waals surface area (Å²) >= 11 is 0. The Hall–Kier alpha value is -2.95. The van der Waals surface area contributed by atoms with Gasteiger partial charge < -0.3 is 4.90 Å². The Bertz CT molecular complexity index is 1040. The van der Waals surface area contributed by atoms with Crippen molar-refractivity contribution in [3.8, 4) is 22.5 Å². The molecule has 3 aromatic rings. The van der Waals surface area contributed by atoms with Gasteiger partial charge in [0.1, 0.15) is 5.69 Å². The Kier molecular flexibility index (Phi) is 4.33. The van der Waals surface area contributed by atoms with Crippen LogP contribution in [0.15, 0.2) is 48.5 Å². The van der Waals surface area contributed by atoms with Crippen LogP contribution in [0, 0.1) is 5.41 Å². The van der Waals surface area contributed by atoms with Gasteiger partial charge in [0.25, 0.3) is 5.91 Å². The van der Waals surface area contributed by atoms with Gasteiger partial charge in [0, 0.05) is 29.3 Å². The van der Waals surface area contributed by atoms with Gasteiger partial charge in [-0.1, -0.05) is 62.4 Å². The van der Waals surface area contributed by atoms with Crippen LogP contribution in [0.5, 0.6) is 0 Å². The molecule has 0 saturated carbocycles. The number of amides is 1. The molecule has 0 spiro atoms. The third-order valence-corrected chi connectivity index (χ3v) is 4.93. The lowest BCUT2D eigenvalue weighted by Crippen LogP contribution is -2.38. The van der Waals surface area contributed by atoms with Crippen molar-refractivity contribution in [3.63, 3.8) is 0 Å². The van der Waals surface area contributed by atoms with E-state index in [0.717, 1.165) is 28.2 Å². The van der Waals surface area contributed by atoms with E-state index in [1.165, 1.54) is 0 Å². The maximum atomic E-state index is 13.6. The van der Waals surface area contributed by atoms with Crippen LogP contribution in [0.2, 0.25) is 0 Å². The van der Waals surface area contributed by atoms with Crippen LogP contribution in [-0.2, 0) is 6.54 Å². The Morgan fingerprint density at radius 3 is 2.18 bits per heavy atom. The van der Waals surface area contributed by atoms with Crippen molar-refractivity contribution in [2.75, 3.05) is 4.90 Å². The first-order valence-electron chi connectivity index (χ1n) is 9.74. The molecule has 0 N–H and O–H groups in total. The van der Waals surface area contributed by atoms with Crippen molar-refractivity contribution in [2.45, 2.75) is 47.2 Å². The van der Waals surface area contributed by atoms with Crippen molar-refractivity contribution in [1.29, 1.82) is 0 Å². The van der Waals surface area contributed by atoms with E-state index in [0.29, 0.717) is 12.1 Å². The Morgan fingerprint density at radius 1 is 0.929 bits per heavy atom. The first kappa shape index (κ1) is 18.4. The summed E-state index contributed by atoms with van der Waals surface area (Å²) in [4.78, 5) is 15.5. The fourth-order valence-corrected chi connectivity index (χ4v) is 3.83. The standard InChI is InChI=1S/C23H26N4O/c1-15(2)27-19-13-9-8-12-18(19)20-21(26(25-24-20)14-23(3,4)5)16-10-6-7-11-17(16)22(27)28/h6-13,15H,14H2,1-5H3. The van der Waals surface area contributed by atoms with Crippen molar-refractivity contribution in [3.05, 3.63) is 54.1 Å². The molecular weight excluding hydrogens is 348 g/mol. The lowest BCUT2D eigenvalue weighted by molar-refractivity contribution is 0.0981. The zero-order valence-electron chi connectivity index (χ0n) is 17.1. The zero-order chi connectivity index (χ0) is 20.1. The van der Waals surface area contributed by atoms with E-state index in [4.69, 9.17) is 0 Å². The van der Waals surface area contributed by atoms with Gasteiger partial charge in [-0.05, 0) is 31.4 Å². The molecule has 1 aliphatic heterocycles. The highest BCUT2D eigenvalue weighted by molar-refractivity contribution is 6.14. The summed E-state index contributed by atoms with van der Waals surface area (Å²) in [5, 5.41) is 9.07. The monoisotopic (exact) mass is 374 g/mol. The van der Waals surface area contributed by atoms with Gasteiger partial charge in [0.15, 0.2) is 0 Å². The minimum atomic E-state index is 0.00667. The smallest absolute Gasteiger partial charge is 0.259 e. The number of para-hydroxylation sites is 1. The Labute approximate surface area is 166 Å². The van der Waals surface area contributed by atoms with E-state index in [1.807, 2.05) is 72.0 Å². The molecule has 0 unspecified atom stereocenters. The molecule has 0 aliphatic carbocycles. The Balaban J connectivity index is 2.08. The van der Waals surface area contributed by atoms with Gasteiger partial charge in [-0.15, -0.1) is 5.10 Å². The molecule has 0 fully saturated rings. The minimum Gasteiger partial charge on any atom is -0.305 e. The van der Waals surface area contributed by atoms with Gasteiger partial charge in [0.05, 0.1) is 11.4 Å². The molecule has 144 valence electrons. The van der Waals surface area contributed by atoms with Crippen molar-refractivity contribution in [2.24, 2.45) is 5.41 Å². The number of rotatable bonds is 2. The number of hydrogen-bond donors (Lipinski definition) is 0. The lowest BCUT2D eigenvalue weighted by atomic mass is 9.93. The number of anilines is 1. The van der Waals surface area contributed by atoms with Gasteiger partial charge in [0.2, 0.25) is 0 Å².